The lowest BCUT2D eigenvalue weighted by molar-refractivity contribution is 0.0983. The zero-order valence-corrected chi connectivity index (χ0v) is 11.1. The van der Waals surface area contributed by atoms with E-state index >= 15 is 0 Å². The molecule has 98 valence electrons. The molecule has 2 aromatic carbocycles. The molecule has 20 heavy (non-hydrogen) atoms. The van der Waals surface area contributed by atoms with E-state index in [9.17, 15) is 4.79 Å². The maximum Gasteiger partial charge on any atom is 0.163 e. The Hall–Kier alpha value is -2.48. The normalized spacial score (nSPS) is 10.6. The molecule has 0 aliphatic rings. The number of aromatic nitrogens is 1. The van der Waals surface area contributed by atoms with Crippen molar-refractivity contribution in [1.82, 2.24) is 4.98 Å². The smallest absolute Gasteiger partial charge is 0.163 e. The van der Waals surface area contributed by atoms with Gasteiger partial charge in [0.1, 0.15) is 0 Å². The summed E-state index contributed by atoms with van der Waals surface area (Å²) in [7, 11) is 0. The van der Waals surface area contributed by atoms with Crippen molar-refractivity contribution in [2.75, 3.05) is 0 Å². The Bertz CT molecular complexity index is 729. The third kappa shape index (κ3) is 2.59. The number of hydrogen-bond acceptors (Lipinski definition) is 2. The average molecular weight is 261 g/mol. The lowest BCUT2D eigenvalue weighted by Gasteiger charge is -2.05. The summed E-state index contributed by atoms with van der Waals surface area (Å²) in [5.41, 5.74) is 2.95. The molecule has 0 saturated carbocycles. The van der Waals surface area contributed by atoms with Crippen molar-refractivity contribution < 1.29 is 4.79 Å². The molecule has 0 spiro atoms. The molecule has 0 aliphatic carbocycles. The van der Waals surface area contributed by atoms with Crippen molar-refractivity contribution in [3.8, 4) is 0 Å². The molecule has 3 aromatic rings. The molecule has 0 saturated heterocycles. The minimum Gasteiger partial charge on any atom is -0.294 e. The van der Waals surface area contributed by atoms with E-state index in [0.717, 1.165) is 22.9 Å². The molecule has 3 rings (SSSR count). The molecular weight excluding hydrogens is 246 g/mol. The van der Waals surface area contributed by atoms with Crippen LogP contribution in [-0.2, 0) is 6.42 Å². The summed E-state index contributed by atoms with van der Waals surface area (Å²) in [5.74, 6) is 0.187. The highest BCUT2D eigenvalue weighted by atomic mass is 16.1. The number of hydrogen-bond donors (Lipinski definition) is 0. The molecular formula is C18H15NO. The van der Waals surface area contributed by atoms with Crippen molar-refractivity contribution in [3.05, 3.63) is 78.0 Å². The van der Waals surface area contributed by atoms with Crippen LogP contribution in [0.3, 0.4) is 0 Å². The van der Waals surface area contributed by atoms with Gasteiger partial charge in [-0.15, -0.1) is 0 Å². The van der Waals surface area contributed by atoms with Crippen molar-refractivity contribution in [2.45, 2.75) is 12.8 Å². The quantitative estimate of drug-likeness (QED) is 0.663. The SMILES string of the molecule is O=C(CCc1cccc2ncccc12)c1ccccc1. The maximum absolute atomic E-state index is 12.1. The highest BCUT2D eigenvalue weighted by molar-refractivity contribution is 5.96. The average Bonchev–Trinajstić information content (AvgIpc) is 2.53. The third-order valence-corrected chi connectivity index (χ3v) is 3.45. The van der Waals surface area contributed by atoms with Crippen LogP contribution in [0.25, 0.3) is 10.9 Å². The largest absolute Gasteiger partial charge is 0.294 e. The highest BCUT2D eigenvalue weighted by Gasteiger charge is 2.07. The van der Waals surface area contributed by atoms with E-state index in [1.165, 1.54) is 5.56 Å². The third-order valence-electron chi connectivity index (χ3n) is 3.45. The van der Waals surface area contributed by atoms with E-state index in [4.69, 9.17) is 0 Å². The van der Waals surface area contributed by atoms with Gasteiger partial charge in [-0.1, -0.05) is 48.5 Å². The Labute approximate surface area is 118 Å². The fraction of sp³-hybridized carbons (Fsp3) is 0.111. The Morgan fingerprint density at radius 3 is 2.60 bits per heavy atom. The van der Waals surface area contributed by atoms with Crippen LogP contribution in [0, 0.1) is 0 Å². The maximum atomic E-state index is 12.1. The molecule has 0 radical (unpaired) electrons. The van der Waals surface area contributed by atoms with Gasteiger partial charge in [0.25, 0.3) is 0 Å². The number of fused-ring (bicyclic) bond motifs is 1. The van der Waals surface area contributed by atoms with Gasteiger partial charge in [-0.3, -0.25) is 9.78 Å². The number of nitrogens with zero attached hydrogens (tertiary/aromatic N) is 1. The molecule has 2 heteroatoms. The molecule has 0 unspecified atom stereocenters. The first-order valence-electron chi connectivity index (χ1n) is 6.75. The second-order valence-electron chi connectivity index (χ2n) is 4.78. The Kier molecular flexibility index (Phi) is 3.55. The van der Waals surface area contributed by atoms with Gasteiger partial charge in [-0.2, -0.15) is 0 Å². The first-order valence-corrected chi connectivity index (χ1v) is 6.75. The summed E-state index contributed by atoms with van der Waals surface area (Å²) >= 11 is 0. The van der Waals surface area contributed by atoms with Crippen LogP contribution in [0.4, 0.5) is 0 Å². The van der Waals surface area contributed by atoms with Gasteiger partial charge in [0.05, 0.1) is 5.52 Å². The Balaban J connectivity index is 1.79. The van der Waals surface area contributed by atoms with E-state index < -0.39 is 0 Å². The number of aryl methyl sites for hydroxylation is 1. The minimum absolute atomic E-state index is 0.187. The van der Waals surface area contributed by atoms with Gasteiger partial charge in [-0.05, 0) is 24.1 Å². The highest BCUT2D eigenvalue weighted by Crippen LogP contribution is 2.18. The summed E-state index contributed by atoms with van der Waals surface area (Å²) in [5, 5.41) is 1.14. The lowest BCUT2D eigenvalue weighted by atomic mass is 10.00. The number of ketones is 1. The minimum atomic E-state index is 0.187. The zero-order chi connectivity index (χ0) is 13.8. The second kappa shape index (κ2) is 5.66. The topological polar surface area (TPSA) is 30.0 Å². The predicted octanol–water partition coefficient (Wildman–Crippen LogP) is 4.05. The summed E-state index contributed by atoms with van der Waals surface area (Å²) in [6.45, 7) is 0. The Morgan fingerprint density at radius 2 is 1.75 bits per heavy atom. The summed E-state index contributed by atoms with van der Waals surface area (Å²) in [4.78, 5) is 16.5. The van der Waals surface area contributed by atoms with E-state index in [1.807, 2.05) is 48.5 Å². The summed E-state index contributed by atoms with van der Waals surface area (Å²) in [6.07, 6.45) is 3.07. The van der Waals surface area contributed by atoms with Gasteiger partial charge in [-0.25, -0.2) is 0 Å². The molecule has 2 nitrogen and oxygen atoms in total. The van der Waals surface area contributed by atoms with Crippen LogP contribution in [-0.4, -0.2) is 10.8 Å². The standard InChI is InChI=1S/C18H15NO/c20-18(15-6-2-1-3-7-15)12-11-14-8-4-10-17-16(14)9-5-13-19-17/h1-10,13H,11-12H2. The number of Topliss-reactive ketones (excluding diaryl/α,β-unsaturated/α-hetero) is 1. The fourth-order valence-corrected chi connectivity index (χ4v) is 2.40. The number of rotatable bonds is 4. The van der Waals surface area contributed by atoms with Crippen molar-refractivity contribution in [1.29, 1.82) is 0 Å². The van der Waals surface area contributed by atoms with Crippen molar-refractivity contribution in [2.24, 2.45) is 0 Å². The molecule has 0 atom stereocenters. The monoisotopic (exact) mass is 261 g/mol. The molecule has 0 bridgehead atoms. The molecule has 0 amide bonds. The Morgan fingerprint density at radius 1 is 0.900 bits per heavy atom. The first-order chi connectivity index (χ1) is 9.84. The zero-order valence-electron chi connectivity index (χ0n) is 11.1. The molecule has 1 heterocycles. The number of carbonyl (C=O) groups excluding carboxylic acids is 1. The number of benzene rings is 2. The van der Waals surface area contributed by atoms with E-state index in [2.05, 4.69) is 17.1 Å². The van der Waals surface area contributed by atoms with Gasteiger partial charge in [0.15, 0.2) is 5.78 Å². The van der Waals surface area contributed by atoms with Crippen LogP contribution in [0.5, 0.6) is 0 Å². The van der Waals surface area contributed by atoms with Crippen LogP contribution in [0.15, 0.2) is 66.9 Å². The van der Waals surface area contributed by atoms with Gasteiger partial charge in [0, 0.05) is 23.6 Å². The van der Waals surface area contributed by atoms with Crippen LogP contribution in [0.2, 0.25) is 0 Å². The van der Waals surface area contributed by atoms with Gasteiger partial charge >= 0.3 is 0 Å². The van der Waals surface area contributed by atoms with Crippen LogP contribution < -0.4 is 0 Å². The van der Waals surface area contributed by atoms with Crippen molar-refractivity contribution >= 4 is 16.7 Å². The van der Waals surface area contributed by atoms with E-state index in [-0.39, 0.29) is 5.78 Å². The fourth-order valence-electron chi connectivity index (χ4n) is 2.40. The van der Waals surface area contributed by atoms with Crippen LogP contribution in [0.1, 0.15) is 22.3 Å². The van der Waals surface area contributed by atoms with Gasteiger partial charge < -0.3 is 0 Å². The first kappa shape index (κ1) is 12.5. The van der Waals surface area contributed by atoms with E-state index in [1.54, 1.807) is 6.20 Å². The van der Waals surface area contributed by atoms with Crippen molar-refractivity contribution in [3.63, 3.8) is 0 Å². The van der Waals surface area contributed by atoms with Gasteiger partial charge in [0.2, 0.25) is 0 Å². The number of pyridine rings is 1. The summed E-state index contributed by atoms with van der Waals surface area (Å²) < 4.78 is 0. The predicted molar refractivity (Wildman–Crippen MR) is 80.8 cm³/mol. The molecule has 0 N–H and O–H groups in total. The van der Waals surface area contributed by atoms with Crippen LogP contribution >= 0.6 is 0 Å². The molecule has 1 aromatic heterocycles. The molecule has 0 fully saturated rings. The van der Waals surface area contributed by atoms with E-state index in [0.29, 0.717) is 6.42 Å². The second-order valence-corrected chi connectivity index (χ2v) is 4.78. The lowest BCUT2D eigenvalue weighted by Crippen LogP contribution is -2.01. The summed E-state index contributed by atoms with van der Waals surface area (Å²) in [6, 6.07) is 19.5. The number of carbonyl (C=O) groups is 1. The molecule has 0 aliphatic heterocycles.